The molecule has 1 aliphatic heterocycles. The number of imidazole rings is 1. The first-order chi connectivity index (χ1) is 16.0. The summed E-state index contributed by atoms with van der Waals surface area (Å²) >= 11 is 0. The summed E-state index contributed by atoms with van der Waals surface area (Å²) < 4.78 is 33.7. The molecule has 33 heavy (non-hydrogen) atoms. The van der Waals surface area contributed by atoms with Crippen LogP contribution in [0.4, 0.5) is 0 Å². The van der Waals surface area contributed by atoms with Crippen LogP contribution < -0.4 is 0 Å². The summed E-state index contributed by atoms with van der Waals surface area (Å²) in [4.78, 5) is 4.38. The first kappa shape index (κ1) is 25.9. The van der Waals surface area contributed by atoms with Gasteiger partial charge < -0.3 is 0 Å². The Labute approximate surface area is 199 Å². The Morgan fingerprint density at radius 2 is 1.39 bits per heavy atom. The number of hydrogen-bond acceptors (Lipinski definition) is 4. The summed E-state index contributed by atoms with van der Waals surface area (Å²) in [6.45, 7) is 2.28. The van der Waals surface area contributed by atoms with Crippen molar-refractivity contribution in [3.8, 4) is 0 Å². The van der Waals surface area contributed by atoms with E-state index in [1.54, 1.807) is 6.07 Å². The predicted octanol–water partition coefficient (Wildman–Crippen LogP) is 7.30. The molecule has 6 nitrogen and oxygen atoms in total. The molecule has 7 heteroatoms. The summed E-state index contributed by atoms with van der Waals surface area (Å²) in [5.41, 5.74) is 2.48. The van der Waals surface area contributed by atoms with E-state index < -0.39 is 10.1 Å². The van der Waals surface area contributed by atoms with Gasteiger partial charge in [-0.05, 0) is 31.0 Å². The van der Waals surface area contributed by atoms with Gasteiger partial charge in [-0.3, -0.25) is 4.55 Å². The third-order valence-electron chi connectivity index (χ3n) is 6.64. The Bertz CT molecular complexity index is 1010. The second-order valence-corrected chi connectivity index (χ2v) is 10.9. The molecule has 0 spiro atoms. The van der Waals surface area contributed by atoms with Crippen molar-refractivity contribution in [1.82, 2.24) is 9.66 Å². The number of aromatic nitrogens is 2. The molecule has 1 aromatic heterocycles. The van der Waals surface area contributed by atoms with Gasteiger partial charge in [0.1, 0.15) is 5.82 Å². The quantitative estimate of drug-likeness (QED) is 0.192. The van der Waals surface area contributed by atoms with Crippen molar-refractivity contribution in [2.75, 3.05) is 0 Å². The molecule has 2 heterocycles. The molecule has 0 atom stereocenters. The first-order valence-electron chi connectivity index (χ1n) is 13.0. The highest BCUT2D eigenvalue weighted by Crippen LogP contribution is 2.25. The summed E-state index contributed by atoms with van der Waals surface area (Å²) in [6.07, 6.45) is 22.2. The number of benzene rings is 1. The zero-order valence-electron chi connectivity index (χ0n) is 20.3. The van der Waals surface area contributed by atoms with Gasteiger partial charge >= 0.3 is 0 Å². The van der Waals surface area contributed by atoms with Crippen LogP contribution in [0.1, 0.15) is 115 Å². The number of nitrogens with zero attached hydrogens (tertiary/aromatic N) is 3. The fraction of sp³-hybridized carbons (Fsp3) is 0.692. The molecule has 0 fully saturated rings. The van der Waals surface area contributed by atoms with Crippen molar-refractivity contribution >= 4 is 26.9 Å². The molecule has 0 aliphatic carbocycles. The molecule has 2 aromatic rings. The summed E-state index contributed by atoms with van der Waals surface area (Å²) in [7, 11) is -4.22. The Hall–Kier alpha value is -1.73. The molecule has 184 valence electrons. The van der Waals surface area contributed by atoms with E-state index in [1.165, 1.54) is 102 Å². The first-order valence-corrected chi connectivity index (χ1v) is 14.5. The maximum Gasteiger partial charge on any atom is 0.294 e. The van der Waals surface area contributed by atoms with Crippen LogP contribution in [0.25, 0.3) is 11.0 Å². The molecule has 0 unspecified atom stereocenters. The Kier molecular flexibility index (Phi) is 10.4. The average molecular weight is 476 g/mol. The van der Waals surface area contributed by atoms with Crippen molar-refractivity contribution in [1.29, 1.82) is 0 Å². The monoisotopic (exact) mass is 475 g/mol. The molecule has 0 radical (unpaired) electrons. The van der Waals surface area contributed by atoms with E-state index in [9.17, 15) is 13.0 Å². The van der Waals surface area contributed by atoms with Gasteiger partial charge in [0, 0.05) is 12.1 Å². The second kappa shape index (κ2) is 13.2. The van der Waals surface area contributed by atoms with E-state index in [0.29, 0.717) is 11.9 Å². The van der Waals surface area contributed by atoms with Crippen LogP contribution in [0.15, 0.2) is 28.2 Å². The van der Waals surface area contributed by atoms with Crippen molar-refractivity contribution in [3.63, 3.8) is 0 Å². The standard InChI is InChI=1S/C26H41N3O3S/c1-2-3-4-5-6-7-8-9-10-11-12-13-14-15-16-17-22-20-26-27-24-21-23(33(30,31)32)18-19-25(24)29(26)28-22/h18-19,21H,2-17,20H2,1H3,(H,30,31,32). The van der Waals surface area contributed by atoms with E-state index >= 15 is 0 Å². The summed E-state index contributed by atoms with van der Waals surface area (Å²) in [6, 6.07) is 4.46. The molecular formula is C26H41N3O3S. The SMILES string of the molecule is CCCCCCCCCCCCCCCCCC1=Nn2c(nc3cc(S(=O)(=O)O)ccc32)C1. The summed E-state index contributed by atoms with van der Waals surface area (Å²) in [5, 5.41) is 4.69. The molecule has 3 rings (SSSR count). The smallest absolute Gasteiger partial charge is 0.282 e. The maximum atomic E-state index is 11.3. The van der Waals surface area contributed by atoms with Crippen molar-refractivity contribution in [2.45, 2.75) is 121 Å². The van der Waals surface area contributed by atoms with Gasteiger partial charge in [0.05, 0.1) is 15.9 Å². The highest BCUT2D eigenvalue weighted by Gasteiger charge is 2.20. The highest BCUT2D eigenvalue weighted by molar-refractivity contribution is 7.85. The highest BCUT2D eigenvalue weighted by atomic mass is 32.2. The minimum absolute atomic E-state index is 0.131. The van der Waals surface area contributed by atoms with Gasteiger partial charge in [-0.2, -0.15) is 13.5 Å². The zero-order chi connectivity index (χ0) is 23.5. The van der Waals surface area contributed by atoms with Crippen LogP contribution in [0.2, 0.25) is 0 Å². The lowest BCUT2D eigenvalue weighted by molar-refractivity contribution is 0.483. The molecule has 0 saturated carbocycles. The third-order valence-corrected chi connectivity index (χ3v) is 7.49. The average Bonchev–Trinajstić information content (AvgIpc) is 3.32. The van der Waals surface area contributed by atoms with Gasteiger partial charge in [0.25, 0.3) is 10.1 Å². The molecule has 1 aromatic carbocycles. The second-order valence-electron chi connectivity index (χ2n) is 9.51. The largest absolute Gasteiger partial charge is 0.294 e. The summed E-state index contributed by atoms with van der Waals surface area (Å²) in [5.74, 6) is 0.841. The van der Waals surface area contributed by atoms with Crippen molar-refractivity contribution in [3.05, 3.63) is 24.0 Å². The van der Waals surface area contributed by atoms with Crippen LogP contribution in [0, 0.1) is 0 Å². The maximum absolute atomic E-state index is 11.3. The van der Waals surface area contributed by atoms with Crippen molar-refractivity contribution < 1.29 is 13.0 Å². The van der Waals surface area contributed by atoms with Gasteiger partial charge in [-0.25, -0.2) is 9.66 Å². The van der Waals surface area contributed by atoms with Crippen molar-refractivity contribution in [2.24, 2.45) is 5.10 Å². The van der Waals surface area contributed by atoms with Crippen LogP contribution >= 0.6 is 0 Å². The lowest BCUT2D eigenvalue weighted by Gasteiger charge is -2.03. The van der Waals surface area contributed by atoms with E-state index in [-0.39, 0.29) is 4.90 Å². The van der Waals surface area contributed by atoms with Gasteiger partial charge in [0.15, 0.2) is 0 Å². The Morgan fingerprint density at radius 1 is 0.848 bits per heavy atom. The zero-order valence-corrected chi connectivity index (χ0v) is 21.1. The van der Waals surface area contributed by atoms with Crippen LogP contribution in [-0.4, -0.2) is 28.3 Å². The lowest BCUT2D eigenvalue weighted by atomic mass is 10.0. The number of hydrogen-bond donors (Lipinski definition) is 1. The number of unbranched alkanes of at least 4 members (excludes halogenated alkanes) is 14. The van der Waals surface area contributed by atoms with Crippen LogP contribution in [0.5, 0.6) is 0 Å². The minimum atomic E-state index is -4.22. The van der Waals surface area contributed by atoms with Gasteiger partial charge in [-0.1, -0.05) is 96.8 Å². The third kappa shape index (κ3) is 8.21. The molecular weight excluding hydrogens is 434 g/mol. The van der Waals surface area contributed by atoms with E-state index in [1.807, 2.05) is 4.68 Å². The van der Waals surface area contributed by atoms with Crippen LogP contribution in [0.3, 0.4) is 0 Å². The fourth-order valence-electron chi connectivity index (χ4n) is 4.68. The lowest BCUT2D eigenvalue weighted by Crippen LogP contribution is -1.99. The molecule has 0 bridgehead atoms. The minimum Gasteiger partial charge on any atom is -0.282 e. The molecule has 1 aliphatic rings. The molecule has 0 amide bonds. The number of rotatable bonds is 17. The number of fused-ring (bicyclic) bond motifs is 3. The molecule has 1 N–H and O–H groups in total. The normalized spacial score (nSPS) is 13.6. The van der Waals surface area contributed by atoms with Crippen LogP contribution in [-0.2, 0) is 16.5 Å². The van der Waals surface area contributed by atoms with E-state index in [4.69, 9.17) is 5.10 Å². The predicted molar refractivity (Wildman–Crippen MR) is 136 cm³/mol. The molecule has 0 saturated heterocycles. The Morgan fingerprint density at radius 3 is 1.94 bits per heavy atom. The topological polar surface area (TPSA) is 84.5 Å². The van der Waals surface area contributed by atoms with Gasteiger partial charge in [0.2, 0.25) is 0 Å². The fourth-order valence-corrected chi connectivity index (χ4v) is 5.18. The van der Waals surface area contributed by atoms with E-state index in [0.717, 1.165) is 29.9 Å². The van der Waals surface area contributed by atoms with Gasteiger partial charge in [-0.15, -0.1) is 0 Å². The van der Waals surface area contributed by atoms with E-state index in [2.05, 4.69) is 11.9 Å². The Balaban J connectivity index is 1.23.